The first-order valence-corrected chi connectivity index (χ1v) is 11.9. The number of nitrogens with zero attached hydrogens (tertiary/aromatic N) is 1. The van der Waals surface area contributed by atoms with E-state index in [1.807, 2.05) is 54.6 Å². The van der Waals surface area contributed by atoms with Crippen molar-refractivity contribution in [1.29, 1.82) is 0 Å². The Bertz CT molecular complexity index is 1100. The fourth-order valence-electron chi connectivity index (χ4n) is 4.06. The van der Waals surface area contributed by atoms with Crippen molar-refractivity contribution < 1.29 is 19.0 Å². The second-order valence-corrected chi connectivity index (χ2v) is 8.90. The average Bonchev–Trinajstić information content (AvgIpc) is 2.86. The number of nitrogens with one attached hydrogen (secondary N) is 1. The predicted octanol–water partition coefficient (Wildman–Crippen LogP) is 6.12. The molecule has 0 bridgehead atoms. The lowest BCUT2D eigenvalue weighted by Gasteiger charge is -2.30. The second kappa shape index (κ2) is 12.3. The van der Waals surface area contributed by atoms with Crippen LogP contribution in [-0.2, 0) is 0 Å². The summed E-state index contributed by atoms with van der Waals surface area (Å²) in [6.45, 7) is 10.0. The molecule has 0 aliphatic heterocycles. The van der Waals surface area contributed by atoms with E-state index < -0.39 is 0 Å². The lowest BCUT2D eigenvalue weighted by Crippen LogP contribution is -2.39. The molecule has 3 rings (SSSR count). The van der Waals surface area contributed by atoms with Gasteiger partial charge >= 0.3 is 0 Å². The van der Waals surface area contributed by atoms with Gasteiger partial charge in [-0.15, -0.1) is 0 Å². The standard InChI is InChI=1S/C29H36N2O4/c1-20(2)31(21(3)4)16-17-35-28-19-25(14-15-27(28)34-6)30-29(32)23-12-10-22(11-13-23)24-8-7-9-26(18-24)33-5/h7-15,18-21H,16-17H2,1-6H3,(H,30,32). The molecule has 0 spiro atoms. The Balaban J connectivity index is 1.67. The van der Waals surface area contributed by atoms with E-state index in [-0.39, 0.29) is 5.91 Å². The number of carbonyl (C=O) groups is 1. The third-order valence-electron chi connectivity index (χ3n) is 5.91. The Morgan fingerprint density at radius 1 is 0.829 bits per heavy atom. The van der Waals surface area contributed by atoms with Gasteiger partial charge in [0, 0.05) is 35.9 Å². The minimum atomic E-state index is -0.191. The Morgan fingerprint density at radius 2 is 1.54 bits per heavy atom. The van der Waals surface area contributed by atoms with Gasteiger partial charge in [-0.1, -0.05) is 24.3 Å². The van der Waals surface area contributed by atoms with Crippen LogP contribution in [-0.4, -0.2) is 50.3 Å². The molecule has 0 radical (unpaired) electrons. The van der Waals surface area contributed by atoms with Gasteiger partial charge in [0.1, 0.15) is 12.4 Å². The smallest absolute Gasteiger partial charge is 0.255 e. The Kier molecular flexibility index (Phi) is 9.15. The molecular weight excluding hydrogens is 440 g/mol. The van der Waals surface area contributed by atoms with Crippen LogP contribution in [0.25, 0.3) is 11.1 Å². The molecule has 3 aromatic rings. The van der Waals surface area contributed by atoms with E-state index in [1.165, 1.54) is 0 Å². The lowest BCUT2D eigenvalue weighted by atomic mass is 10.0. The number of benzene rings is 3. The quantitative estimate of drug-likeness (QED) is 0.361. The SMILES string of the molecule is COc1cccc(-c2ccc(C(=O)Nc3ccc(OC)c(OCCN(C(C)C)C(C)C)c3)cc2)c1. The number of ether oxygens (including phenoxy) is 3. The van der Waals surface area contributed by atoms with Crippen molar-refractivity contribution >= 4 is 11.6 Å². The van der Waals surface area contributed by atoms with Gasteiger partial charge in [-0.3, -0.25) is 9.69 Å². The van der Waals surface area contributed by atoms with Crippen LogP contribution in [0.3, 0.4) is 0 Å². The second-order valence-electron chi connectivity index (χ2n) is 8.90. The first kappa shape index (κ1) is 26.1. The van der Waals surface area contributed by atoms with E-state index in [0.717, 1.165) is 23.4 Å². The molecule has 6 nitrogen and oxygen atoms in total. The topological polar surface area (TPSA) is 60.0 Å². The van der Waals surface area contributed by atoms with E-state index >= 15 is 0 Å². The number of carbonyl (C=O) groups excluding carboxylic acids is 1. The number of hydrogen-bond donors (Lipinski definition) is 1. The van der Waals surface area contributed by atoms with Crippen molar-refractivity contribution in [3.05, 3.63) is 72.3 Å². The predicted molar refractivity (Wildman–Crippen MR) is 142 cm³/mol. The monoisotopic (exact) mass is 476 g/mol. The first-order valence-electron chi connectivity index (χ1n) is 11.9. The number of hydrogen-bond acceptors (Lipinski definition) is 5. The lowest BCUT2D eigenvalue weighted by molar-refractivity contribution is 0.102. The Labute approximate surface area is 208 Å². The van der Waals surface area contributed by atoms with Gasteiger partial charge in [-0.05, 0) is 75.2 Å². The van der Waals surface area contributed by atoms with Gasteiger partial charge in [0.25, 0.3) is 5.91 Å². The summed E-state index contributed by atoms with van der Waals surface area (Å²) in [7, 11) is 3.26. The van der Waals surface area contributed by atoms with Gasteiger partial charge in [-0.25, -0.2) is 0 Å². The number of rotatable bonds is 11. The zero-order chi connectivity index (χ0) is 25.4. The molecule has 0 heterocycles. The molecule has 6 heteroatoms. The van der Waals surface area contributed by atoms with E-state index in [9.17, 15) is 4.79 Å². The maximum atomic E-state index is 12.9. The zero-order valence-electron chi connectivity index (χ0n) is 21.5. The van der Waals surface area contributed by atoms with Gasteiger partial charge in [0.2, 0.25) is 0 Å². The normalized spacial score (nSPS) is 11.1. The van der Waals surface area contributed by atoms with Crippen molar-refractivity contribution in [3.8, 4) is 28.4 Å². The molecule has 0 fully saturated rings. The average molecular weight is 477 g/mol. The molecule has 0 saturated heterocycles. The van der Waals surface area contributed by atoms with Crippen molar-refractivity contribution in [2.75, 3.05) is 32.7 Å². The molecule has 1 N–H and O–H groups in total. The highest BCUT2D eigenvalue weighted by Gasteiger charge is 2.15. The molecule has 1 amide bonds. The molecule has 35 heavy (non-hydrogen) atoms. The summed E-state index contributed by atoms with van der Waals surface area (Å²) in [6, 6.07) is 21.6. The van der Waals surface area contributed by atoms with Crippen LogP contribution >= 0.6 is 0 Å². The zero-order valence-corrected chi connectivity index (χ0v) is 21.5. The summed E-state index contributed by atoms with van der Waals surface area (Å²) in [4.78, 5) is 15.2. The minimum absolute atomic E-state index is 0.191. The van der Waals surface area contributed by atoms with E-state index in [2.05, 4.69) is 37.9 Å². The van der Waals surface area contributed by atoms with Crippen LogP contribution in [0.15, 0.2) is 66.7 Å². The fraction of sp³-hybridized carbons (Fsp3) is 0.345. The number of anilines is 1. The largest absolute Gasteiger partial charge is 0.497 e. The van der Waals surface area contributed by atoms with Gasteiger partial charge in [-0.2, -0.15) is 0 Å². The summed E-state index contributed by atoms with van der Waals surface area (Å²) in [5.74, 6) is 1.84. The van der Waals surface area contributed by atoms with Crippen molar-refractivity contribution in [2.24, 2.45) is 0 Å². The maximum absolute atomic E-state index is 12.9. The van der Waals surface area contributed by atoms with E-state index in [4.69, 9.17) is 14.2 Å². The molecule has 0 atom stereocenters. The molecule has 3 aromatic carbocycles. The molecule has 0 saturated carbocycles. The highest BCUT2D eigenvalue weighted by atomic mass is 16.5. The van der Waals surface area contributed by atoms with Crippen LogP contribution in [0.4, 0.5) is 5.69 Å². The maximum Gasteiger partial charge on any atom is 0.255 e. The van der Waals surface area contributed by atoms with E-state index in [1.54, 1.807) is 26.4 Å². The fourth-order valence-corrected chi connectivity index (χ4v) is 4.06. The summed E-state index contributed by atoms with van der Waals surface area (Å²) in [6.07, 6.45) is 0. The molecule has 186 valence electrons. The highest BCUT2D eigenvalue weighted by molar-refractivity contribution is 6.04. The third-order valence-corrected chi connectivity index (χ3v) is 5.91. The summed E-state index contributed by atoms with van der Waals surface area (Å²) in [5.41, 5.74) is 3.26. The van der Waals surface area contributed by atoms with Crippen LogP contribution in [0.5, 0.6) is 17.2 Å². The van der Waals surface area contributed by atoms with Crippen LogP contribution < -0.4 is 19.5 Å². The number of methoxy groups -OCH3 is 2. The van der Waals surface area contributed by atoms with Crippen LogP contribution in [0.1, 0.15) is 38.1 Å². The Hall–Kier alpha value is -3.51. The number of amides is 1. The molecule has 0 unspecified atom stereocenters. The minimum Gasteiger partial charge on any atom is -0.497 e. The van der Waals surface area contributed by atoms with Crippen molar-refractivity contribution in [3.63, 3.8) is 0 Å². The van der Waals surface area contributed by atoms with Crippen LogP contribution in [0.2, 0.25) is 0 Å². The Morgan fingerprint density at radius 3 is 2.17 bits per heavy atom. The first-order chi connectivity index (χ1) is 16.8. The summed E-state index contributed by atoms with van der Waals surface area (Å²) in [5, 5.41) is 2.96. The van der Waals surface area contributed by atoms with Crippen molar-refractivity contribution in [1.82, 2.24) is 4.90 Å². The molecule has 0 aromatic heterocycles. The molecule has 0 aliphatic rings. The van der Waals surface area contributed by atoms with Crippen molar-refractivity contribution in [2.45, 2.75) is 39.8 Å². The van der Waals surface area contributed by atoms with Gasteiger partial charge in [0.15, 0.2) is 11.5 Å². The molecular formula is C29H36N2O4. The highest BCUT2D eigenvalue weighted by Crippen LogP contribution is 2.31. The summed E-state index contributed by atoms with van der Waals surface area (Å²) < 4.78 is 16.8. The third kappa shape index (κ3) is 6.99. The summed E-state index contributed by atoms with van der Waals surface area (Å²) >= 11 is 0. The van der Waals surface area contributed by atoms with Crippen LogP contribution in [0, 0.1) is 0 Å². The van der Waals surface area contributed by atoms with Gasteiger partial charge < -0.3 is 19.5 Å². The molecule has 0 aliphatic carbocycles. The van der Waals surface area contributed by atoms with Gasteiger partial charge in [0.05, 0.1) is 14.2 Å². The van der Waals surface area contributed by atoms with E-state index in [0.29, 0.717) is 41.4 Å².